The van der Waals surface area contributed by atoms with Crippen LogP contribution in [0.25, 0.3) is 0 Å². The molecule has 0 aliphatic carbocycles. The number of esters is 1. The highest BCUT2D eigenvalue weighted by atomic mass is 32.2. The van der Waals surface area contributed by atoms with E-state index in [1.807, 2.05) is 13.8 Å². The van der Waals surface area contributed by atoms with Crippen molar-refractivity contribution in [3.8, 4) is 0 Å². The number of urea groups is 1. The first-order chi connectivity index (χ1) is 13.1. The molecule has 1 aromatic rings. The number of nitrogens with one attached hydrogen (secondary N) is 3. The monoisotopic (exact) mass is 411 g/mol. The number of carbonyl (C=O) groups excluding carboxylic acids is 3. The molecule has 10 heteroatoms. The Kier molecular flexibility index (Phi) is 7.38. The van der Waals surface area contributed by atoms with Gasteiger partial charge in [-0.25, -0.2) is 18.0 Å². The number of sulfone groups is 1. The first-order valence-corrected chi connectivity index (χ1v) is 10.8. The number of benzene rings is 1. The number of carbonyl (C=O) groups is 3. The van der Waals surface area contributed by atoms with Crippen LogP contribution in [0.4, 0.5) is 4.79 Å². The molecule has 3 amide bonds. The molecule has 0 radical (unpaired) electrons. The minimum atomic E-state index is -3.09. The minimum Gasteiger partial charge on any atom is -0.452 e. The lowest BCUT2D eigenvalue weighted by molar-refractivity contribution is -0.124. The molecule has 3 N–H and O–H groups in total. The molecule has 1 atom stereocenters. The summed E-state index contributed by atoms with van der Waals surface area (Å²) in [5.74, 6) is -1.23. The summed E-state index contributed by atoms with van der Waals surface area (Å²) in [5.41, 5.74) is 1.07. The van der Waals surface area contributed by atoms with Crippen molar-refractivity contribution < 1.29 is 27.5 Å². The Morgan fingerprint density at radius 2 is 1.86 bits per heavy atom. The average Bonchev–Trinajstić information content (AvgIpc) is 2.96. The van der Waals surface area contributed by atoms with Crippen molar-refractivity contribution in [1.29, 1.82) is 0 Å². The summed E-state index contributed by atoms with van der Waals surface area (Å²) in [7, 11) is -3.09. The third-order valence-corrected chi connectivity index (χ3v) is 5.76. The third kappa shape index (κ3) is 7.18. The molecule has 1 aromatic carbocycles. The molecule has 1 saturated heterocycles. The van der Waals surface area contributed by atoms with Crippen LogP contribution in [0, 0.1) is 0 Å². The number of hydrogen-bond donors (Lipinski definition) is 3. The summed E-state index contributed by atoms with van der Waals surface area (Å²) < 4.78 is 27.7. The van der Waals surface area contributed by atoms with Crippen molar-refractivity contribution in [2.75, 3.05) is 18.1 Å². The Balaban J connectivity index is 1.75. The van der Waals surface area contributed by atoms with Crippen LogP contribution in [0.5, 0.6) is 0 Å². The van der Waals surface area contributed by atoms with Gasteiger partial charge in [0.2, 0.25) is 0 Å². The van der Waals surface area contributed by atoms with Crippen molar-refractivity contribution in [2.45, 2.75) is 38.9 Å². The van der Waals surface area contributed by atoms with Gasteiger partial charge in [-0.2, -0.15) is 0 Å². The Morgan fingerprint density at radius 3 is 2.43 bits per heavy atom. The van der Waals surface area contributed by atoms with Crippen LogP contribution in [0.15, 0.2) is 24.3 Å². The van der Waals surface area contributed by atoms with E-state index in [9.17, 15) is 22.8 Å². The maximum Gasteiger partial charge on any atom is 0.338 e. The number of hydrogen-bond acceptors (Lipinski definition) is 6. The van der Waals surface area contributed by atoms with Crippen LogP contribution in [0.2, 0.25) is 0 Å². The Labute approximate surface area is 164 Å². The second kappa shape index (κ2) is 9.54. The lowest BCUT2D eigenvalue weighted by Crippen LogP contribution is -2.39. The zero-order valence-electron chi connectivity index (χ0n) is 15.9. The van der Waals surface area contributed by atoms with Gasteiger partial charge in [0.25, 0.3) is 5.91 Å². The van der Waals surface area contributed by atoms with Crippen molar-refractivity contribution >= 4 is 27.7 Å². The lowest BCUT2D eigenvalue weighted by atomic mass is 10.1. The Morgan fingerprint density at radius 1 is 1.18 bits per heavy atom. The van der Waals surface area contributed by atoms with E-state index >= 15 is 0 Å². The van der Waals surface area contributed by atoms with Gasteiger partial charge in [-0.3, -0.25) is 4.79 Å². The SMILES string of the molecule is CC(C)NC(=O)NCc1ccc(C(=O)OCC(=O)N[C@H]2CCS(=O)(=O)C2)cc1. The second-order valence-corrected chi connectivity index (χ2v) is 9.15. The van der Waals surface area contributed by atoms with E-state index < -0.39 is 34.4 Å². The van der Waals surface area contributed by atoms with E-state index in [2.05, 4.69) is 16.0 Å². The molecule has 0 aromatic heterocycles. The fourth-order valence-electron chi connectivity index (χ4n) is 2.65. The normalized spacial score (nSPS) is 17.8. The summed E-state index contributed by atoms with van der Waals surface area (Å²) in [6, 6.07) is 5.76. The molecule has 9 nitrogen and oxygen atoms in total. The number of rotatable bonds is 7. The number of amides is 3. The Bertz CT molecular complexity index is 820. The first-order valence-electron chi connectivity index (χ1n) is 8.95. The van der Waals surface area contributed by atoms with Crippen molar-refractivity contribution in [1.82, 2.24) is 16.0 Å². The van der Waals surface area contributed by atoms with Crippen LogP contribution < -0.4 is 16.0 Å². The van der Waals surface area contributed by atoms with E-state index in [1.165, 1.54) is 0 Å². The highest BCUT2D eigenvalue weighted by Gasteiger charge is 2.29. The van der Waals surface area contributed by atoms with E-state index in [-0.39, 0.29) is 29.1 Å². The van der Waals surface area contributed by atoms with Gasteiger partial charge in [0.05, 0.1) is 17.1 Å². The predicted molar refractivity (Wildman–Crippen MR) is 102 cm³/mol. The molecule has 28 heavy (non-hydrogen) atoms. The summed E-state index contributed by atoms with van der Waals surface area (Å²) in [5, 5.41) is 7.95. The molecule has 0 unspecified atom stereocenters. The number of ether oxygens (including phenoxy) is 1. The van der Waals surface area contributed by atoms with Gasteiger partial charge in [-0.1, -0.05) is 12.1 Å². The fourth-order valence-corrected chi connectivity index (χ4v) is 4.32. The molecule has 0 bridgehead atoms. The van der Waals surface area contributed by atoms with Gasteiger partial charge in [0.15, 0.2) is 16.4 Å². The molecule has 1 heterocycles. The maximum atomic E-state index is 12.0. The van der Waals surface area contributed by atoms with Crippen molar-refractivity contribution in [3.05, 3.63) is 35.4 Å². The van der Waals surface area contributed by atoms with Crippen LogP contribution in [-0.4, -0.2) is 56.5 Å². The molecule has 2 rings (SSSR count). The zero-order chi connectivity index (χ0) is 20.7. The topological polar surface area (TPSA) is 131 Å². The van der Waals surface area contributed by atoms with Crippen LogP contribution in [0.3, 0.4) is 0 Å². The quantitative estimate of drug-likeness (QED) is 0.555. The van der Waals surface area contributed by atoms with Gasteiger partial charge >= 0.3 is 12.0 Å². The molecule has 154 valence electrons. The molecule has 1 fully saturated rings. The van der Waals surface area contributed by atoms with E-state index in [0.717, 1.165) is 5.56 Å². The predicted octanol–water partition coefficient (Wildman–Crippen LogP) is 0.354. The standard InChI is InChI=1S/C18H25N3O6S/c1-12(2)20-18(24)19-9-13-3-5-14(6-4-13)17(23)27-10-16(22)21-15-7-8-28(25,26)11-15/h3-6,12,15H,7-11H2,1-2H3,(H,21,22)(H2,19,20,24)/t15-/m0/s1. The zero-order valence-corrected chi connectivity index (χ0v) is 16.7. The summed E-state index contributed by atoms with van der Waals surface area (Å²) in [6.45, 7) is 3.54. The minimum absolute atomic E-state index is 0.0346. The maximum absolute atomic E-state index is 12.0. The van der Waals surface area contributed by atoms with E-state index in [0.29, 0.717) is 13.0 Å². The molecule has 0 spiro atoms. The molecular weight excluding hydrogens is 386 g/mol. The summed E-state index contributed by atoms with van der Waals surface area (Å²) in [4.78, 5) is 35.3. The highest BCUT2D eigenvalue weighted by Crippen LogP contribution is 2.11. The van der Waals surface area contributed by atoms with E-state index in [4.69, 9.17) is 4.74 Å². The molecule has 1 aliphatic heterocycles. The largest absolute Gasteiger partial charge is 0.452 e. The summed E-state index contributed by atoms with van der Waals surface area (Å²) >= 11 is 0. The van der Waals surface area contributed by atoms with Crippen LogP contribution in [-0.2, 0) is 25.9 Å². The smallest absolute Gasteiger partial charge is 0.338 e. The molecule has 0 saturated carbocycles. The molecule has 1 aliphatic rings. The molecular formula is C18H25N3O6S. The van der Waals surface area contributed by atoms with Gasteiger partial charge < -0.3 is 20.7 Å². The highest BCUT2D eigenvalue weighted by molar-refractivity contribution is 7.91. The van der Waals surface area contributed by atoms with Crippen LogP contribution >= 0.6 is 0 Å². The Hall–Kier alpha value is -2.62. The summed E-state index contributed by atoms with van der Waals surface area (Å²) in [6.07, 6.45) is 0.368. The first kappa shape index (κ1) is 21.7. The van der Waals surface area contributed by atoms with E-state index in [1.54, 1.807) is 24.3 Å². The van der Waals surface area contributed by atoms with Gasteiger partial charge in [0, 0.05) is 18.6 Å². The van der Waals surface area contributed by atoms with Crippen molar-refractivity contribution in [2.24, 2.45) is 0 Å². The van der Waals surface area contributed by atoms with Crippen molar-refractivity contribution in [3.63, 3.8) is 0 Å². The fraction of sp³-hybridized carbons (Fsp3) is 0.500. The lowest BCUT2D eigenvalue weighted by Gasteiger charge is -2.11. The van der Waals surface area contributed by atoms with Gasteiger partial charge in [0.1, 0.15) is 0 Å². The van der Waals surface area contributed by atoms with Gasteiger partial charge in [-0.05, 0) is 38.0 Å². The van der Waals surface area contributed by atoms with Gasteiger partial charge in [-0.15, -0.1) is 0 Å². The third-order valence-electron chi connectivity index (χ3n) is 3.99. The average molecular weight is 411 g/mol. The van der Waals surface area contributed by atoms with Crippen LogP contribution in [0.1, 0.15) is 36.2 Å². The second-order valence-electron chi connectivity index (χ2n) is 6.92.